The first kappa shape index (κ1) is 17.5. The van der Waals surface area contributed by atoms with Crippen molar-refractivity contribution in [2.24, 2.45) is 5.92 Å². The van der Waals surface area contributed by atoms with Gasteiger partial charge in [0.05, 0.1) is 11.6 Å². The zero-order chi connectivity index (χ0) is 17.8. The van der Waals surface area contributed by atoms with Gasteiger partial charge < -0.3 is 10.4 Å². The molecule has 8 heteroatoms. The lowest BCUT2D eigenvalue weighted by Crippen LogP contribution is -2.42. The molecule has 1 saturated carbocycles. The van der Waals surface area contributed by atoms with Crippen molar-refractivity contribution in [2.75, 3.05) is 0 Å². The summed E-state index contributed by atoms with van der Waals surface area (Å²) in [7, 11) is 0. The number of hydrogen-bond donors (Lipinski definition) is 2. The maximum Gasteiger partial charge on any atom is 0.308 e. The molecule has 132 valence electrons. The van der Waals surface area contributed by atoms with Gasteiger partial charge in [0.25, 0.3) is 5.91 Å². The van der Waals surface area contributed by atoms with Crippen LogP contribution in [0.4, 0.5) is 0 Å². The van der Waals surface area contributed by atoms with Crippen molar-refractivity contribution < 1.29 is 14.7 Å². The van der Waals surface area contributed by atoms with Crippen molar-refractivity contribution in [3.05, 3.63) is 29.0 Å². The van der Waals surface area contributed by atoms with Crippen LogP contribution in [0.5, 0.6) is 0 Å². The number of carboxylic acids is 1. The van der Waals surface area contributed by atoms with E-state index in [2.05, 4.69) is 20.3 Å². The highest BCUT2D eigenvalue weighted by atomic mass is 32.1. The second-order valence-corrected chi connectivity index (χ2v) is 7.17. The number of carboxylic acid groups (broad SMARTS) is 1. The summed E-state index contributed by atoms with van der Waals surface area (Å²) in [6.45, 7) is 1.76. The Balaban J connectivity index is 1.78. The van der Waals surface area contributed by atoms with Crippen LogP contribution in [-0.4, -0.2) is 38.0 Å². The van der Waals surface area contributed by atoms with E-state index in [1.807, 2.05) is 0 Å². The van der Waals surface area contributed by atoms with Crippen LogP contribution in [-0.2, 0) is 4.79 Å². The van der Waals surface area contributed by atoms with Crippen LogP contribution in [0.15, 0.2) is 18.5 Å². The number of aryl methyl sites for hydroxylation is 1. The van der Waals surface area contributed by atoms with Gasteiger partial charge in [0, 0.05) is 18.4 Å². The number of rotatable bonds is 4. The second kappa shape index (κ2) is 7.69. The average molecular weight is 360 g/mol. The number of amides is 1. The second-order valence-electron chi connectivity index (χ2n) is 6.17. The Bertz CT molecular complexity index is 763. The fraction of sp³-hybridized carbons (Fsp3) is 0.471. The van der Waals surface area contributed by atoms with E-state index >= 15 is 0 Å². The first-order valence-corrected chi connectivity index (χ1v) is 9.16. The first-order chi connectivity index (χ1) is 12.1. The molecule has 2 aromatic rings. The van der Waals surface area contributed by atoms with Crippen LogP contribution in [0.1, 0.15) is 47.5 Å². The van der Waals surface area contributed by atoms with Gasteiger partial charge in [-0.1, -0.05) is 19.3 Å². The third kappa shape index (κ3) is 4.01. The standard InChI is InChI=1S/C17H20N4O3S/c1-10-13(25-16(20-10)14-18-8-5-9-19-14)15(22)21-12-7-4-2-3-6-11(12)17(23)24/h5,8-9,11-12H,2-4,6-7H2,1H3,(H,21,22)(H,23,24)/t11-,12+/m1/s1. The van der Waals surface area contributed by atoms with Crippen molar-refractivity contribution in [1.82, 2.24) is 20.3 Å². The highest BCUT2D eigenvalue weighted by Gasteiger charge is 2.31. The number of nitrogens with zero attached hydrogens (tertiary/aromatic N) is 3. The van der Waals surface area contributed by atoms with Crippen LogP contribution >= 0.6 is 11.3 Å². The lowest BCUT2D eigenvalue weighted by molar-refractivity contribution is -0.142. The SMILES string of the molecule is Cc1nc(-c2ncccn2)sc1C(=O)N[C@H]1CCCCC[C@H]1C(=O)O. The van der Waals surface area contributed by atoms with Gasteiger partial charge in [0.1, 0.15) is 4.88 Å². The highest BCUT2D eigenvalue weighted by Crippen LogP contribution is 2.27. The third-order valence-corrected chi connectivity index (χ3v) is 5.56. The number of aliphatic carboxylic acids is 1. The van der Waals surface area contributed by atoms with Crippen molar-refractivity contribution in [3.63, 3.8) is 0 Å². The Kier molecular flexibility index (Phi) is 5.37. The van der Waals surface area contributed by atoms with Crippen molar-refractivity contribution in [2.45, 2.75) is 45.1 Å². The molecule has 1 aliphatic carbocycles. The minimum Gasteiger partial charge on any atom is -0.481 e. The minimum atomic E-state index is -0.841. The van der Waals surface area contributed by atoms with Crippen molar-refractivity contribution in [3.8, 4) is 10.8 Å². The van der Waals surface area contributed by atoms with E-state index in [1.54, 1.807) is 25.4 Å². The van der Waals surface area contributed by atoms with Gasteiger partial charge >= 0.3 is 5.97 Å². The molecule has 2 heterocycles. The fourth-order valence-electron chi connectivity index (χ4n) is 3.12. The monoisotopic (exact) mass is 360 g/mol. The summed E-state index contributed by atoms with van der Waals surface area (Å²) < 4.78 is 0. The summed E-state index contributed by atoms with van der Waals surface area (Å²) >= 11 is 1.23. The zero-order valence-corrected chi connectivity index (χ0v) is 14.8. The van der Waals surface area contributed by atoms with Gasteiger partial charge in [-0.05, 0) is 25.8 Å². The first-order valence-electron chi connectivity index (χ1n) is 8.34. The Morgan fingerprint density at radius 2 is 1.92 bits per heavy atom. The molecule has 2 aromatic heterocycles. The molecule has 0 spiro atoms. The number of carbonyl (C=O) groups is 2. The Labute approximate surface area is 149 Å². The average Bonchev–Trinajstić information content (AvgIpc) is 2.84. The van der Waals surface area contributed by atoms with Gasteiger partial charge in [-0.15, -0.1) is 11.3 Å². The van der Waals surface area contributed by atoms with E-state index in [1.165, 1.54) is 11.3 Å². The predicted molar refractivity (Wildman–Crippen MR) is 93.3 cm³/mol. The molecule has 0 aliphatic heterocycles. The third-order valence-electron chi connectivity index (χ3n) is 4.41. The maximum atomic E-state index is 12.7. The molecule has 0 unspecified atom stereocenters. The summed E-state index contributed by atoms with van der Waals surface area (Å²) in [5, 5.41) is 13.0. The number of carbonyl (C=O) groups excluding carboxylic acids is 1. The molecule has 3 rings (SSSR count). The molecular formula is C17H20N4O3S. The molecule has 0 bridgehead atoms. The topological polar surface area (TPSA) is 105 Å². The summed E-state index contributed by atoms with van der Waals surface area (Å²) in [6, 6.07) is 1.38. The summed E-state index contributed by atoms with van der Waals surface area (Å²) in [5.41, 5.74) is 0.602. The largest absolute Gasteiger partial charge is 0.481 e. The minimum absolute atomic E-state index is 0.268. The Hall–Kier alpha value is -2.35. The summed E-state index contributed by atoms with van der Waals surface area (Å²) in [5.74, 6) is -1.16. The Morgan fingerprint density at radius 1 is 1.20 bits per heavy atom. The van der Waals surface area contributed by atoms with Crippen molar-refractivity contribution in [1.29, 1.82) is 0 Å². The molecule has 2 N–H and O–H groups in total. The van der Waals surface area contributed by atoms with E-state index in [0.717, 1.165) is 19.3 Å². The van der Waals surface area contributed by atoms with Crippen LogP contribution in [0.25, 0.3) is 10.8 Å². The molecular weight excluding hydrogens is 340 g/mol. The van der Waals surface area contributed by atoms with Crippen molar-refractivity contribution >= 4 is 23.2 Å². The molecule has 7 nitrogen and oxygen atoms in total. The highest BCUT2D eigenvalue weighted by molar-refractivity contribution is 7.17. The van der Waals surface area contributed by atoms with Gasteiger partial charge in [-0.2, -0.15) is 0 Å². The number of aromatic nitrogens is 3. The quantitative estimate of drug-likeness (QED) is 0.812. The zero-order valence-electron chi connectivity index (χ0n) is 13.9. The molecule has 1 aliphatic rings. The van der Waals surface area contributed by atoms with Gasteiger partial charge in [0.15, 0.2) is 10.8 Å². The molecule has 0 radical (unpaired) electrons. The Morgan fingerprint density at radius 3 is 2.64 bits per heavy atom. The molecule has 1 fully saturated rings. The van der Waals surface area contributed by atoms with Crippen LogP contribution in [0.3, 0.4) is 0 Å². The molecule has 0 saturated heterocycles. The van der Waals surface area contributed by atoms with E-state index < -0.39 is 11.9 Å². The smallest absolute Gasteiger partial charge is 0.308 e. The van der Waals surface area contributed by atoms with Crippen LogP contribution in [0, 0.1) is 12.8 Å². The van der Waals surface area contributed by atoms with E-state index in [4.69, 9.17) is 0 Å². The normalized spacial score (nSPS) is 20.7. The fourth-order valence-corrected chi connectivity index (χ4v) is 4.04. The van der Waals surface area contributed by atoms with E-state index in [0.29, 0.717) is 34.2 Å². The maximum absolute atomic E-state index is 12.7. The number of nitrogens with one attached hydrogen (secondary N) is 1. The molecule has 2 atom stereocenters. The number of hydrogen-bond acceptors (Lipinski definition) is 6. The predicted octanol–water partition coefficient (Wildman–Crippen LogP) is 2.67. The van der Waals surface area contributed by atoms with Crippen LogP contribution < -0.4 is 5.32 Å². The summed E-state index contributed by atoms with van der Waals surface area (Å²) in [6.07, 6.45) is 7.37. The number of thiazole rings is 1. The van der Waals surface area contributed by atoms with Gasteiger partial charge in [0.2, 0.25) is 0 Å². The lowest BCUT2D eigenvalue weighted by Gasteiger charge is -2.22. The van der Waals surface area contributed by atoms with Crippen LogP contribution in [0.2, 0.25) is 0 Å². The summed E-state index contributed by atoms with van der Waals surface area (Å²) in [4.78, 5) is 37.4. The molecule has 0 aromatic carbocycles. The van der Waals surface area contributed by atoms with Gasteiger partial charge in [-0.3, -0.25) is 9.59 Å². The van der Waals surface area contributed by atoms with E-state index in [9.17, 15) is 14.7 Å². The lowest BCUT2D eigenvalue weighted by atomic mass is 9.95. The van der Waals surface area contributed by atoms with Gasteiger partial charge in [-0.25, -0.2) is 15.0 Å². The van der Waals surface area contributed by atoms with E-state index in [-0.39, 0.29) is 11.9 Å². The molecule has 25 heavy (non-hydrogen) atoms. The molecule has 1 amide bonds.